The van der Waals surface area contributed by atoms with Crippen LogP contribution < -0.4 is 4.74 Å². The smallest absolute Gasteiger partial charge is 0.242 e. The van der Waals surface area contributed by atoms with E-state index in [1.165, 1.54) is 6.07 Å². The van der Waals surface area contributed by atoms with Gasteiger partial charge in [-0.05, 0) is 37.8 Å². The van der Waals surface area contributed by atoms with Crippen molar-refractivity contribution in [3.05, 3.63) is 30.1 Å². The Hall–Kier alpha value is -2.11. The number of para-hydroxylation sites is 1. The number of amides is 2. The van der Waals surface area contributed by atoms with Gasteiger partial charge in [-0.25, -0.2) is 4.39 Å². The number of carbonyl (C=O) groups is 2. The van der Waals surface area contributed by atoms with E-state index in [2.05, 4.69) is 0 Å². The quantitative estimate of drug-likeness (QED) is 0.809. The third kappa shape index (κ3) is 4.96. The fourth-order valence-electron chi connectivity index (χ4n) is 3.67. The van der Waals surface area contributed by atoms with Crippen LogP contribution in [0.25, 0.3) is 0 Å². The molecule has 6 heteroatoms. The Balaban J connectivity index is 1.50. The molecule has 0 bridgehead atoms. The van der Waals surface area contributed by atoms with Crippen LogP contribution in [0.3, 0.4) is 0 Å². The second kappa shape index (κ2) is 9.01. The van der Waals surface area contributed by atoms with Gasteiger partial charge in [0.1, 0.15) is 0 Å². The number of halogens is 1. The maximum atomic E-state index is 13.7. The molecular formula is C20H27FN2O3. The predicted octanol–water partition coefficient (Wildman–Crippen LogP) is 2.85. The van der Waals surface area contributed by atoms with E-state index in [1.807, 2.05) is 4.90 Å². The average Bonchev–Trinajstić information content (AvgIpc) is 2.86. The minimum absolute atomic E-state index is 0.0100. The van der Waals surface area contributed by atoms with Crippen molar-refractivity contribution in [3.8, 4) is 5.75 Å². The third-order valence-corrected chi connectivity index (χ3v) is 5.18. The molecule has 0 N–H and O–H groups in total. The molecule has 1 aromatic carbocycles. The summed E-state index contributed by atoms with van der Waals surface area (Å²) >= 11 is 0. The Bertz CT molecular complexity index is 637. The maximum Gasteiger partial charge on any atom is 0.242 e. The molecule has 142 valence electrons. The fraction of sp³-hybridized carbons (Fsp3) is 0.600. The summed E-state index contributed by atoms with van der Waals surface area (Å²) in [6.45, 7) is 2.58. The minimum atomic E-state index is -0.365. The van der Waals surface area contributed by atoms with E-state index in [-0.39, 0.29) is 35.8 Å². The average molecular weight is 362 g/mol. The highest BCUT2D eigenvalue weighted by Crippen LogP contribution is 2.21. The second-order valence-corrected chi connectivity index (χ2v) is 7.22. The molecule has 2 heterocycles. The third-order valence-electron chi connectivity index (χ3n) is 5.18. The van der Waals surface area contributed by atoms with Crippen LogP contribution in [0.5, 0.6) is 5.75 Å². The van der Waals surface area contributed by atoms with Crippen LogP contribution in [0.15, 0.2) is 24.3 Å². The Morgan fingerprint density at radius 3 is 2.85 bits per heavy atom. The number of ether oxygens (including phenoxy) is 1. The van der Waals surface area contributed by atoms with Gasteiger partial charge in [0, 0.05) is 32.0 Å². The molecule has 2 aliphatic rings. The molecule has 0 saturated carbocycles. The van der Waals surface area contributed by atoms with Gasteiger partial charge in [-0.1, -0.05) is 18.6 Å². The zero-order chi connectivity index (χ0) is 18.4. The van der Waals surface area contributed by atoms with Gasteiger partial charge in [0.15, 0.2) is 11.6 Å². The van der Waals surface area contributed by atoms with Crippen LogP contribution in [0.1, 0.15) is 38.5 Å². The molecule has 0 spiro atoms. The van der Waals surface area contributed by atoms with Crippen molar-refractivity contribution in [2.24, 2.45) is 5.92 Å². The highest BCUT2D eigenvalue weighted by atomic mass is 19.1. The Morgan fingerprint density at radius 1 is 1.15 bits per heavy atom. The second-order valence-electron chi connectivity index (χ2n) is 7.22. The van der Waals surface area contributed by atoms with Crippen LogP contribution in [0, 0.1) is 11.7 Å². The number of hydrogen-bond acceptors (Lipinski definition) is 3. The maximum absolute atomic E-state index is 13.7. The lowest BCUT2D eigenvalue weighted by Gasteiger charge is -2.34. The van der Waals surface area contributed by atoms with Crippen LogP contribution in [-0.4, -0.2) is 54.4 Å². The lowest BCUT2D eigenvalue weighted by atomic mass is 9.99. The molecule has 2 amide bonds. The number of rotatable bonds is 5. The number of hydrogen-bond donors (Lipinski definition) is 0. The van der Waals surface area contributed by atoms with Crippen LogP contribution in [0.2, 0.25) is 0 Å². The molecule has 0 aliphatic carbocycles. The zero-order valence-electron chi connectivity index (χ0n) is 15.2. The van der Waals surface area contributed by atoms with Gasteiger partial charge in [-0.3, -0.25) is 9.59 Å². The summed E-state index contributed by atoms with van der Waals surface area (Å²) in [5, 5.41) is 0. The van der Waals surface area contributed by atoms with E-state index >= 15 is 0 Å². The van der Waals surface area contributed by atoms with Gasteiger partial charge < -0.3 is 14.5 Å². The molecular weight excluding hydrogens is 335 g/mol. The summed E-state index contributed by atoms with van der Waals surface area (Å²) in [5.41, 5.74) is 0. The van der Waals surface area contributed by atoms with Crippen molar-refractivity contribution in [2.45, 2.75) is 38.5 Å². The van der Waals surface area contributed by atoms with E-state index < -0.39 is 0 Å². The first-order chi connectivity index (χ1) is 12.6. The normalized spacial score (nSPS) is 21.4. The van der Waals surface area contributed by atoms with Crippen LogP contribution in [-0.2, 0) is 9.59 Å². The van der Waals surface area contributed by atoms with Gasteiger partial charge in [-0.15, -0.1) is 0 Å². The van der Waals surface area contributed by atoms with Crippen LogP contribution in [0.4, 0.5) is 4.39 Å². The van der Waals surface area contributed by atoms with Crippen LogP contribution >= 0.6 is 0 Å². The molecule has 1 aromatic rings. The summed E-state index contributed by atoms with van der Waals surface area (Å²) < 4.78 is 19.3. The predicted molar refractivity (Wildman–Crippen MR) is 96.2 cm³/mol. The number of piperidine rings is 1. The van der Waals surface area contributed by atoms with Gasteiger partial charge in [0.05, 0.1) is 13.2 Å². The molecule has 3 rings (SSSR count). The molecule has 0 radical (unpaired) electrons. The number of benzene rings is 1. The molecule has 0 unspecified atom stereocenters. The Morgan fingerprint density at radius 2 is 2.00 bits per heavy atom. The summed E-state index contributed by atoms with van der Waals surface area (Å²) in [6, 6.07) is 6.37. The zero-order valence-corrected chi connectivity index (χ0v) is 15.2. The van der Waals surface area contributed by atoms with Gasteiger partial charge >= 0.3 is 0 Å². The van der Waals surface area contributed by atoms with Crippen molar-refractivity contribution < 1.29 is 18.7 Å². The number of carbonyl (C=O) groups excluding carboxylic acids is 2. The van der Waals surface area contributed by atoms with Crippen molar-refractivity contribution in [1.82, 2.24) is 9.80 Å². The van der Waals surface area contributed by atoms with Gasteiger partial charge in [0.2, 0.25) is 11.8 Å². The molecule has 26 heavy (non-hydrogen) atoms. The lowest BCUT2D eigenvalue weighted by Crippen LogP contribution is -2.47. The molecule has 0 aromatic heterocycles. The molecule has 1 atom stereocenters. The van der Waals surface area contributed by atoms with Crippen molar-refractivity contribution in [1.29, 1.82) is 0 Å². The van der Waals surface area contributed by atoms with Crippen molar-refractivity contribution in [3.63, 3.8) is 0 Å². The van der Waals surface area contributed by atoms with Gasteiger partial charge in [0.25, 0.3) is 0 Å². The standard InChI is InChI=1S/C20H27FN2O3/c21-17-8-3-4-9-18(17)26-15-16-7-6-12-22(13-16)20(25)14-23-11-5-1-2-10-19(23)24/h3-4,8-9,16H,1-2,5-7,10-15H2/t16-/m0/s1. The van der Waals surface area contributed by atoms with E-state index in [1.54, 1.807) is 23.1 Å². The molecule has 2 aliphatic heterocycles. The van der Waals surface area contributed by atoms with Gasteiger partial charge in [-0.2, -0.15) is 0 Å². The lowest BCUT2D eigenvalue weighted by molar-refractivity contribution is -0.141. The fourth-order valence-corrected chi connectivity index (χ4v) is 3.67. The van der Waals surface area contributed by atoms with E-state index in [9.17, 15) is 14.0 Å². The van der Waals surface area contributed by atoms with Crippen molar-refractivity contribution >= 4 is 11.8 Å². The summed E-state index contributed by atoms with van der Waals surface area (Å²) in [4.78, 5) is 28.3. The van der Waals surface area contributed by atoms with E-state index in [0.717, 1.165) is 38.6 Å². The Labute approximate surface area is 154 Å². The first-order valence-corrected chi connectivity index (χ1v) is 9.56. The molecule has 2 saturated heterocycles. The van der Waals surface area contributed by atoms with E-state index in [0.29, 0.717) is 26.1 Å². The highest BCUT2D eigenvalue weighted by molar-refractivity contribution is 5.85. The number of likely N-dealkylation sites (tertiary alicyclic amines) is 2. The van der Waals surface area contributed by atoms with E-state index in [4.69, 9.17) is 4.74 Å². The molecule has 2 fully saturated rings. The SMILES string of the molecule is O=C1CCCCCN1CC(=O)N1CCC[C@H](COc2ccccc2F)C1. The first kappa shape index (κ1) is 18.7. The summed E-state index contributed by atoms with van der Waals surface area (Å²) in [7, 11) is 0. The number of nitrogens with zero attached hydrogens (tertiary/aromatic N) is 2. The first-order valence-electron chi connectivity index (χ1n) is 9.56. The monoisotopic (exact) mass is 362 g/mol. The summed E-state index contributed by atoms with van der Waals surface area (Å²) in [6.07, 6.45) is 5.36. The Kier molecular flexibility index (Phi) is 6.47. The molecule has 5 nitrogen and oxygen atoms in total. The highest BCUT2D eigenvalue weighted by Gasteiger charge is 2.27. The summed E-state index contributed by atoms with van der Waals surface area (Å²) in [5.74, 6) is 0.178. The minimum Gasteiger partial charge on any atom is -0.490 e. The van der Waals surface area contributed by atoms with Crippen molar-refractivity contribution in [2.75, 3.05) is 32.8 Å². The topological polar surface area (TPSA) is 49.9 Å². The largest absolute Gasteiger partial charge is 0.490 e.